The Kier molecular flexibility index (Phi) is 4.33. The number of carbonyl (C=O) groups is 3. The second-order valence-electron chi connectivity index (χ2n) is 10.3. The third-order valence-electron chi connectivity index (χ3n) is 8.86. The molecule has 3 aromatic carbocycles. The summed E-state index contributed by atoms with van der Waals surface area (Å²) in [5.41, 5.74) is -0.0829. The molecule has 2 fully saturated rings. The molecule has 2 spiro atoms. The number of nitrogens with zero attached hydrogens (tertiary/aromatic N) is 1. The average molecular weight is 496 g/mol. The van der Waals surface area contributed by atoms with Gasteiger partial charge in [-0.3, -0.25) is 24.5 Å². The van der Waals surface area contributed by atoms with Crippen LogP contribution < -0.4 is 15.5 Å². The van der Waals surface area contributed by atoms with E-state index in [0.717, 1.165) is 11.3 Å². The number of carbonyl (C=O) groups excluding carboxylic acids is 3. The summed E-state index contributed by atoms with van der Waals surface area (Å²) in [6, 6.07) is 20.0. The Bertz CT molecular complexity index is 1470. The van der Waals surface area contributed by atoms with Gasteiger partial charge in [0.1, 0.15) is 17.4 Å². The first kappa shape index (κ1) is 21.9. The molecular weight excluding hydrogens is 472 g/mol. The highest BCUT2D eigenvalue weighted by atomic mass is 16.6. The SMILES string of the molecule is O=C(c1cccc([N+](=O)[O-])c1)[C@@H]1[C@@]2(C(=O)Nc3ccccc32)[C@@H]2CCC[NH+]2[C@@]12C(=O)Nc1ccccc12. The first-order valence-corrected chi connectivity index (χ1v) is 12.4. The number of hydrogen-bond donors (Lipinski definition) is 3. The Morgan fingerprint density at radius 2 is 1.59 bits per heavy atom. The van der Waals surface area contributed by atoms with E-state index < -0.39 is 27.6 Å². The molecule has 184 valence electrons. The van der Waals surface area contributed by atoms with Crippen LogP contribution in [0.2, 0.25) is 0 Å². The van der Waals surface area contributed by atoms with E-state index in [1.807, 2.05) is 48.5 Å². The van der Waals surface area contributed by atoms with E-state index in [2.05, 4.69) is 10.6 Å². The highest BCUT2D eigenvalue weighted by molar-refractivity contribution is 6.17. The van der Waals surface area contributed by atoms with E-state index in [9.17, 15) is 24.5 Å². The van der Waals surface area contributed by atoms with E-state index in [-0.39, 0.29) is 29.1 Å². The van der Waals surface area contributed by atoms with Gasteiger partial charge in [0.25, 0.3) is 11.6 Å². The largest absolute Gasteiger partial charge is 0.325 e. The van der Waals surface area contributed by atoms with Gasteiger partial charge in [-0.05, 0) is 17.7 Å². The van der Waals surface area contributed by atoms with Crippen LogP contribution in [-0.2, 0) is 20.5 Å². The lowest BCUT2D eigenvalue weighted by Gasteiger charge is -2.34. The summed E-state index contributed by atoms with van der Waals surface area (Å²) >= 11 is 0. The van der Waals surface area contributed by atoms with Crippen LogP contribution >= 0.6 is 0 Å². The van der Waals surface area contributed by atoms with Crippen LogP contribution in [0.5, 0.6) is 0 Å². The number of amides is 2. The predicted molar refractivity (Wildman–Crippen MR) is 133 cm³/mol. The third kappa shape index (κ3) is 2.49. The summed E-state index contributed by atoms with van der Waals surface area (Å²) in [6.45, 7) is 0.627. The van der Waals surface area contributed by atoms with Gasteiger partial charge in [-0.2, -0.15) is 0 Å². The standard InChI is InChI=1S/C28H22N4O5/c33-23(16-7-5-8-17(15-16)32(36)37)24-27(18-9-1-3-11-20(18)29-25(27)34)22-13-6-14-31(22)28(24)19-10-2-4-12-21(19)30-26(28)35/h1-5,7-12,15,22,24H,6,13-14H2,(H,29,34)(H,30,35)/p+1/t22-,24+,27-,28+/m0/s1. The van der Waals surface area contributed by atoms with Crippen molar-refractivity contribution in [3.8, 4) is 0 Å². The number of benzene rings is 3. The van der Waals surface area contributed by atoms with Crippen LogP contribution in [0.3, 0.4) is 0 Å². The van der Waals surface area contributed by atoms with E-state index in [1.165, 1.54) is 24.3 Å². The number of non-ortho nitro benzene ring substituents is 1. The maximum absolute atomic E-state index is 14.7. The van der Waals surface area contributed by atoms with Crippen molar-refractivity contribution in [2.24, 2.45) is 5.92 Å². The molecule has 0 saturated carbocycles. The smallest absolute Gasteiger partial charge is 0.291 e. The molecule has 4 aliphatic rings. The van der Waals surface area contributed by atoms with Crippen molar-refractivity contribution in [2.45, 2.75) is 29.8 Å². The second-order valence-corrected chi connectivity index (χ2v) is 10.3. The van der Waals surface area contributed by atoms with Gasteiger partial charge in [0.05, 0.1) is 17.2 Å². The predicted octanol–water partition coefficient (Wildman–Crippen LogP) is 2.19. The summed E-state index contributed by atoms with van der Waals surface area (Å²) in [5, 5.41) is 17.6. The number of nitrogens with one attached hydrogen (secondary N) is 3. The fraction of sp³-hybridized carbons (Fsp3) is 0.250. The zero-order valence-corrected chi connectivity index (χ0v) is 19.7. The van der Waals surface area contributed by atoms with Gasteiger partial charge >= 0.3 is 0 Å². The van der Waals surface area contributed by atoms with Gasteiger partial charge in [0, 0.05) is 41.8 Å². The molecule has 0 radical (unpaired) electrons. The van der Waals surface area contributed by atoms with Crippen molar-refractivity contribution in [2.75, 3.05) is 17.2 Å². The second kappa shape index (κ2) is 7.33. The molecular formula is C28H23N4O5+. The Morgan fingerprint density at radius 1 is 0.919 bits per heavy atom. The molecule has 9 heteroatoms. The fourth-order valence-electron chi connectivity index (χ4n) is 7.71. The summed E-state index contributed by atoms with van der Waals surface area (Å²) in [7, 11) is 0. The lowest BCUT2D eigenvalue weighted by molar-refractivity contribution is -0.948. The monoisotopic (exact) mass is 495 g/mol. The van der Waals surface area contributed by atoms with Gasteiger partial charge in [0.15, 0.2) is 5.78 Å². The number of anilines is 2. The Balaban J connectivity index is 1.57. The van der Waals surface area contributed by atoms with Gasteiger partial charge in [-0.25, -0.2) is 0 Å². The lowest BCUT2D eigenvalue weighted by atomic mass is 9.60. The summed E-state index contributed by atoms with van der Waals surface area (Å²) < 4.78 is 0. The van der Waals surface area contributed by atoms with Crippen LogP contribution in [0, 0.1) is 16.0 Å². The molecule has 3 aromatic rings. The van der Waals surface area contributed by atoms with Gasteiger partial charge < -0.3 is 15.5 Å². The first-order chi connectivity index (χ1) is 17.9. The maximum atomic E-state index is 14.7. The van der Waals surface area contributed by atoms with Crippen LogP contribution in [0.1, 0.15) is 34.3 Å². The molecule has 4 heterocycles. The summed E-state index contributed by atoms with van der Waals surface area (Å²) in [6.07, 6.45) is 1.49. The minimum atomic E-state index is -1.35. The molecule has 0 aromatic heterocycles. The number of ketones is 1. The molecule has 7 rings (SSSR count). The topological polar surface area (TPSA) is 123 Å². The van der Waals surface area contributed by atoms with Gasteiger partial charge in [-0.15, -0.1) is 0 Å². The van der Waals surface area contributed by atoms with Crippen molar-refractivity contribution in [1.29, 1.82) is 0 Å². The molecule has 2 amide bonds. The van der Waals surface area contributed by atoms with Crippen LogP contribution in [-0.4, -0.2) is 35.1 Å². The van der Waals surface area contributed by atoms with E-state index in [0.29, 0.717) is 35.5 Å². The molecule has 3 N–H and O–H groups in total. The molecule has 0 aliphatic carbocycles. The average Bonchev–Trinajstić information content (AvgIpc) is 3.62. The highest BCUT2D eigenvalue weighted by Crippen LogP contribution is 2.59. The summed E-state index contributed by atoms with van der Waals surface area (Å²) in [4.78, 5) is 54.9. The minimum Gasteiger partial charge on any atom is -0.325 e. The molecule has 2 saturated heterocycles. The fourth-order valence-corrected chi connectivity index (χ4v) is 7.71. The van der Waals surface area contributed by atoms with Crippen molar-refractivity contribution in [3.05, 3.63) is 99.6 Å². The van der Waals surface area contributed by atoms with Crippen molar-refractivity contribution in [3.63, 3.8) is 0 Å². The molecule has 9 nitrogen and oxygen atoms in total. The maximum Gasteiger partial charge on any atom is 0.291 e. The zero-order valence-electron chi connectivity index (χ0n) is 19.7. The van der Waals surface area contributed by atoms with E-state index >= 15 is 0 Å². The van der Waals surface area contributed by atoms with E-state index in [1.54, 1.807) is 0 Å². The Hall–Kier alpha value is -4.37. The molecule has 1 unspecified atom stereocenters. The highest BCUT2D eigenvalue weighted by Gasteiger charge is 2.82. The van der Waals surface area contributed by atoms with Crippen LogP contribution in [0.4, 0.5) is 17.1 Å². The van der Waals surface area contributed by atoms with Crippen molar-refractivity contribution in [1.82, 2.24) is 0 Å². The number of nitro benzene ring substituents is 1. The Morgan fingerprint density at radius 3 is 2.35 bits per heavy atom. The van der Waals surface area contributed by atoms with Gasteiger partial charge in [-0.1, -0.05) is 48.5 Å². The molecule has 0 bridgehead atoms. The Labute approximate surface area is 211 Å². The lowest BCUT2D eigenvalue weighted by Crippen LogP contribution is -3.20. The number of fused-ring (bicyclic) bond motifs is 7. The minimum absolute atomic E-state index is 0.118. The number of nitro groups is 1. The molecule has 5 atom stereocenters. The summed E-state index contributed by atoms with van der Waals surface area (Å²) in [5.74, 6) is -2.15. The van der Waals surface area contributed by atoms with Crippen LogP contribution in [0.15, 0.2) is 72.8 Å². The third-order valence-corrected chi connectivity index (χ3v) is 8.86. The quantitative estimate of drug-likeness (QED) is 0.292. The number of rotatable bonds is 3. The van der Waals surface area contributed by atoms with E-state index in [4.69, 9.17) is 0 Å². The number of quaternary nitrogens is 1. The van der Waals surface area contributed by atoms with Gasteiger partial charge in [0.2, 0.25) is 11.4 Å². The first-order valence-electron chi connectivity index (χ1n) is 12.4. The normalized spacial score (nSPS) is 30.6. The van der Waals surface area contributed by atoms with Crippen molar-refractivity contribution < 1.29 is 24.2 Å². The number of para-hydroxylation sites is 2. The molecule has 37 heavy (non-hydrogen) atoms. The van der Waals surface area contributed by atoms with Crippen LogP contribution in [0.25, 0.3) is 0 Å². The zero-order chi connectivity index (χ0) is 25.5. The number of hydrogen-bond acceptors (Lipinski definition) is 5. The molecule has 4 aliphatic heterocycles. The van der Waals surface area contributed by atoms with Crippen molar-refractivity contribution >= 4 is 34.7 Å². The number of Topliss-reactive ketones (excluding diaryl/α,β-unsaturated/α-hetero) is 1.